The molecule has 1 N–H and O–H groups in total. The minimum Gasteiger partial charge on any atom is -0.347 e. The first-order chi connectivity index (χ1) is 16.4. The molecule has 5 nitrogen and oxygen atoms in total. The molecule has 188 valence electrons. The Morgan fingerprint density at radius 2 is 1.86 bits per heavy atom. The lowest BCUT2D eigenvalue weighted by Gasteiger charge is -2.35. The van der Waals surface area contributed by atoms with Gasteiger partial charge in [0.25, 0.3) is 5.91 Å². The van der Waals surface area contributed by atoms with Gasteiger partial charge in [0.2, 0.25) is 0 Å². The van der Waals surface area contributed by atoms with Crippen molar-refractivity contribution in [2.75, 3.05) is 19.3 Å². The maximum Gasteiger partial charge on any atom is 0.258 e. The molecule has 1 heterocycles. The summed E-state index contributed by atoms with van der Waals surface area (Å²) in [6.45, 7) is 10.6. The number of carbonyl (C=O) groups excluding carboxylic acids is 1. The Morgan fingerprint density at radius 3 is 2.46 bits per heavy atom. The van der Waals surface area contributed by atoms with Crippen LogP contribution in [0.2, 0.25) is 0 Å². The van der Waals surface area contributed by atoms with Gasteiger partial charge in [0.1, 0.15) is 0 Å². The van der Waals surface area contributed by atoms with Crippen molar-refractivity contribution in [3.63, 3.8) is 0 Å². The Labute approximate surface area is 212 Å². The van der Waals surface area contributed by atoms with E-state index in [9.17, 15) is 13.2 Å². The van der Waals surface area contributed by atoms with E-state index >= 15 is 4.39 Å². The lowest BCUT2D eigenvalue weighted by Crippen LogP contribution is -2.51. The zero-order valence-corrected chi connectivity index (χ0v) is 22.3. The summed E-state index contributed by atoms with van der Waals surface area (Å²) in [6.07, 6.45) is 2.55. The molecule has 1 amide bonds. The molecular weight excluding hydrogens is 483 g/mol. The number of carbonyl (C=O) groups is 1. The molecule has 0 aliphatic carbocycles. The molecule has 0 spiro atoms. The van der Waals surface area contributed by atoms with Crippen LogP contribution in [-0.4, -0.2) is 49.7 Å². The average Bonchev–Trinajstić information content (AvgIpc) is 2.79. The largest absolute Gasteiger partial charge is 0.347 e. The highest BCUT2D eigenvalue weighted by molar-refractivity contribution is 7.97. The second-order valence-corrected chi connectivity index (χ2v) is 12.3. The Balaban J connectivity index is 1.71. The molecule has 2 aromatic rings. The van der Waals surface area contributed by atoms with Crippen molar-refractivity contribution in [3.8, 4) is 11.1 Å². The van der Waals surface area contributed by atoms with Gasteiger partial charge < -0.3 is 5.32 Å². The topological polar surface area (TPSA) is 66.5 Å². The number of nitrogens with one attached hydrogen (secondary N) is 1. The van der Waals surface area contributed by atoms with E-state index in [0.29, 0.717) is 13.1 Å². The number of allylic oxidation sites excluding steroid dienone is 1. The molecule has 1 aliphatic rings. The predicted octanol–water partition coefficient (Wildman–Crippen LogP) is 5.57. The molecule has 1 atom stereocenters. The smallest absolute Gasteiger partial charge is 0.258 e. The van der Waals surface area contributed by atoms with Crippen molar-refractivity contribution >= 4 is 33.3 Å². The summed E-state index contributed by atoms with van der Waals surface area (Å²) in [5.74, 6) is -0.695. The number of sulfone groups is 1. The van der Waals surface area contributed by atoms with E-state index in [1.54, 1.807) is 18.9 Å². The van der Waals surface area contributed by atoms with Gasteiger partial charge in [0, 0.05) is 48.5 Å². The van der Waals surface area contributed by atoms with Crippen LogP contribution in [0.3, 0.4) is 0 Å². The number of hydrogen-bond acceptors (Lipinski definition) is 5. The molecule has 35 heavy (non-hydrogen) atoms. The Kier molecular flexibility index (Phi) is 8.62. The van der Waals surface area contributed by atoms with E-state index in [4.69, 9.17) is 0 Å². The third kappa shape index (κ3) is 7.29. The second kappa shape index (κ2) is 11.1. The minimum absolute atomic E-state index is 0.0674. The van der Waals surface area contributed by atoms with E-state index in [1.807, 2.05) is 19.1 Å². The summed E-state index contributed by atoms with van der Waals surface area (Å²) < 4.78 is 40.1. The molecule has 0 radical (unpaired) electrons. The van der Waals surface area contributed by atoms with Crippen molar-refractivity contribution in [1.82, 2.24) is 9.62 Å². The summed E-state index contributed by atoms with van der Waals surface area (Å²) in [6, 6.07) is 13.9. The first-order valence-electron chi connectivity index (χ1n) is 11.5. The molecule has 0 unspecified atom stereocenters. The standard InChI is InChI=1S/C27H33FN2O3S2/c1-19(2)22-10-11-25(24(18-22)23-9-7-6-8-20(23)3)34-30-15-13-27(28,14-16-30)26(31)29-21(4)12-17-35(5,32)33/h6-12,17-18,21H,1,13-16H2,2-5H3,(H,29,31)/b17-12-/t21-/m1/s1. The van der Waals surface area contributed by atoms with Crippen LogP contribution in [0.4, 0.5) is 4.39 Å². The minimum atomic E-state index is -3.31. The van der Waals surface area contributed by atoms with Gasteiger partial charge in [0.15, 0.2) is 15.5 Å². The van der Waals surface area contributed by atoms with Crippen LogP contribution in [0.1, 0.15) is 37.8 Å². The maximum atomic E-state index is 15.5. The molecule has 2 aromatic carbocycles. The highest BCUT2D eigenvalue weighted by atomic mass is 32.2. The molecule has 8 heteroatoms. The van der Waals surface area contributed by atoms with E-state index in [2.05, 4.69) is 53.5 Å². The van der Waals surface area contributed by atoms with Crippen LogP contribution < -0.4 is 5.32 Å². The fraction of sp³-hybridized carbons (Fsp3) is 0.370. The monoisotopic (exact) mass is 516 g/mol. The van der Waals surface area contributed by atoms with Gasteiger partial charge >= 0.3 is 0 Å². The van der Waals surface area contributed by atoms with E-state index in [0.717, 1.165) is 38.8 Å². The number of benzene rings is 2. The van der Waals surface area contributed by atoms with Crippen molar-refractivity contribution in [2.45, 2.75) is 50.2 Å². The molecular formula is C27H33FN2O3S2. The number of alkyl halides is 1. The summed E-state index contributed by atoms with van der Waals surface area (Å²) in [4.78, 5) is 13.7. The third-order valence-electron chi connectivity index (χ3n) is 6.03. The number of halogens is 1. The Morgan fingerprint density at radius 1 is 1.20 bits per heavy atom. The van der Waals surface area contributed by atoms with Gasteiger partial charge in [-0.15, -0.1) is 0 Å². The van der Waals surface area contributed by atoms with Crippen molar-refractivity contribution in [2.24, 2.45) is 0 Å². The van der Waals surface area contributed by atoms with Crippen LogP contribution in [0, 0.1) is 6.92 Å². The second-order valence-electron chi connectivity index (χ2n) is 9.21. The summed E-state index contributed by atoms with van der Waals surface area (Å²) in [5, 5.41) is 3.60. The van der Waals surface area contributed by atoms with Gasteiger partial charge in [-0.05, 0) is 67.1 Å². The lowest BCUT2D eigenvalue weighted by atomic mass is 9.93. The molecule has 0 saturated carbocycles. The number of nitrogens with zero attached hydrogens (tertiary/aromatic N) is 1. The lowest BCUT2D eigenvalue weighted by molar-refractivity contribution is -0.135. The van der Waals surface area contributed by atoms with Crippen LogP contribution in [0.25, 0.3) is 16.7 Å². The maximum absolute atomic E-state index is 15.5. The molecule has 1 aliphatic heterocycles. The zero-order valence-electron chi connectivity index (χ0n) is 20.7. The van der Waals surface area contributed by atoms with E-state index < -0.39 is 27.5 Å². The van der Waals surface area contributed by atoms with Gasteiger partial charge in [-0.25, -0.2) is 17.1 Å². The SMILES string of the molecule is C=C(C)c1ccc(SN2CCC(F)(C(=O)N[C@H](C)/C=C\S(C)(=O)=O)CC2)c(-c2ccccc2C)c1. The Bertz CT molecular complexity index is 1230. The van der Waals surface area contributed by atoms with Gasteiger partial charge in [-0.1, -0.05) is 48.6 Å². The summed E-state index contributed by atoms with van der Waals surface area (Å²) in [5.41, 5.74) is 3.51. The Hall–Kier alpha value is -2.42. The fourth-order valence-electron chi connectivity index (χ4n) is 3.90. The predicted molar refractivity (Wildman–Crippen MR) is 143 cm³/mol. The summed E-state index contributed by atoms with van der Waals surface area (Å²) >= 11 is 1.58. The average molecular weight is 517 g/mol. The quantitative estimate of drug-likeness (QED) is 0.465. The first kappa shape index (κ1) is 27.2. The van der Waals surface area contributed by atoms with E-state index in [1.165, 1.54) is 11.6 Å². The zero-order chi connectivity index (χ0) is 25.8. The van der Waals surface area contributed by atoms with Crippen molar-refractivity contribution in [1.29, 1.82) is 0 Å². The molecule has 1 fully saturated rings. The highest BCUT2D eigenvalue weighted by Crippen LogP contribution is 2.39. The van der Waals surface area contributed by atoms with Crippen LogP contribution in [0.5, 0.6) is 0 Å². The highest BCUT2D eigenvalue weighted by Gasteiger charge is 2.42. The van der Waals surface area contributed by atoms with Gasteiger partial charge in [0.05, 0.1) is 0 Å². The van der Waals surface area contributed by atoms with E-state index in [-0.39, 0.29) is 12.8 Å². The molecule has 0 bridgehead atoms. The number of rotatable bonds is 8. The number of aryl methyl sites for hydroxylation is 1. The molecule has 0 aromatic heterocycles. The number of amides is 1. The summed E-state index contributed by atoms with van der Waals surface area (Å²) in [7, 11) is -3.31. The molecule has 1 saturated heterocycles. The van der Waals surface area contributed by atoms with Crippen LogP contribution in [-0.2, 0) is 14.6 Å². The van der Waals surface area contributed by atoms with Gasteiger partial charge in [-0.3, -0.25) is 4.79 Å². The number of hydrogen-bond donors (Lipinski definition) is 1. The van der Waals surface area contributed by atoms with Crippen LogP contribution in [0.15, 0.2) is 65.4 Å². The third-order valence-corrected chi connectivity index (χ3v) is 7.86. The van der Waals surface area contributed by atoms with Gasteiger partial charge in [-0.2, -0.15) is 0 Å². The molecule has 3 rings (SSSR count). The fourth-order valence-corrected chi connectivity index (χ4v) is 5.46. The van der Waals surface area contributed by atoms with Crippen molar-refractivity contribution < 1.29 is 17.6 Å². The first-order valence-corrected chi connectivity index (χ1v) is 14.3. The normalized spacial score (nSPS) is 17.3. The van der Waals surface area contributed by atoms with Crippen LogP contribution >= 0.6 is 11.9 Å². The number of piperidine rings is 1. The van der Waals surface area contributed by atoms with Crippen molar-refractivity contribution in [3.05, 3.63) is 71.7 Å².